The van der Waals surface area contributed by atoms with Crippen molar-refractivity contribution in [3.8, 4) is 22.8 Å². The van der Waals surface area contributed by atoms with Gasteiger partial charge in [0.2, 0.25) is 5.95 Å². The Labute approximate surface area is 209 Å². The van der Waals surface area contributed by atoms with Crippen molar-refractivity contribution in [3.63, 3.8) is 0 Å². The van der Waals surface area contributed by atoms with Crippen LogP contribution in [0.25, 0.3) is 22.2 Å². The second-order valence-corrected chi connectivity index (χ2v) is 8.71. The minimum absolute atomic E-state index is 0.0657. The highest BCUT2D eigenvalue weighted by Crippen LogP contribution is 2.44. The van der Waals surface area contributed by atoms with Gasteiger partial charge < -0.3 is 34.6 Å². The highest BCUT2D eigenvalue weighted by atomic mass is 16.5. The maximum atomic E-state index is 13.0. The first-order chi connectivity index (χ1) is 17.6. The Hall–Kier alpha value is -3.86. The lowest BCUT2D eigenvalue weighted by Gasteiger charge is -2.32. The maximum Gasteiger partial charge on any atom is 0.320 e. The molecule has 11 nitrogen and oxygen atoms in total. The van der Waals surface area contributed by atoms with E-state index in [0.717, 1.165) is 13.0 Å². The van der Waals surface area contributed by atoms with E-state index in [2.05, 4.69) is 14.9 Å². The number of hydrogen-bond donors (Lipinski definition) is 1. The summed E-state index contributed by atoms with van der Waals surface area (Å²) < 4.78 is 16.7. The van der Waals surface area contributed by atoms with Crippen molar-refractivity contribution >= 4 is 28.7 Å². The predicted octanol–water partition coefficient (Wildman–Crippen LogP) is 2.26. The van der Waals surface area contributed by atoms with E-state index in [-0.39, 0.29) is 6.03 Å². The summed E-state index contributed by atoms with van der Waals surface area (Å²) in [7, 11) is 3.18. The third-order valence-corrected chi connectivity index (χ3v) is 6.60. The zero-order valence-electron chi connectivity index (χ0n) is 20.6. The summed E-state index contributed by atoms with van der Waals surface area (Å²) in [5, 5.41) is 0.661. The number of nitrogens with two attached hydrogens (primary N) is 1. The molecule has 2 aliphatic rings. The molecule has 0 saturated carbocycles. The van der Waals surface area contributed by atoms with E-state index >= 15 is 0 Å². The molecule has 2 fully saturated rings. The molecule has 0 bridgehead atoms. The van der Waals surface area contributed by atoms with Crippen molar-refractivity contribution in [1.82, 2.24) is 24.8 Å². The van der Waals surface area contributed by atoms with E-state index < -0.39 is 0 Å². The van der Waals surface area contributed by atoms with E-state index in [0.29, 0.717) is 91.4 Å². The van der Waals surface area contributed by atoms with Crippen molar-refractivity contribution in [2.45, 2.75) is 6.42 Å². The quantitative estimate of drug-likeness (QED) is 0.584. The Morgan fingerprint density at radius 1 is 1.00 bits per heavy atom. The van der Waals surface area contributed by atoms with Gasteiger partial charge in [-0.2, -0.15) is 4.98 Å². The molecular formula is C25H31N7O4. The van der Waals surface area contributed by atoms with Crippen molar-refractivity contribution in [2.24, 2.45) is 0 Å². The molecule has 2 saturated heterocycles. The smallest absolute Gasteiger partial charge is 0.320 e. The number of carbonyl (C=O) groups is 1. The number of rotatable bonds is 4. The van der Waals surface area contributed by atoms with Gasteiger partial charge in [0.15, 0.2) is 11.5 Å². The number of carbonyl (C=O) groups excluding carboxylic acids is 1. The molecule has 3 aromatic rings. The summed E-state index contributed by atoms with van der Waals surface area (Å²) in [4.78, 5) is 32.9. The average molecular weight is 494 g/mol. The topological polar surface area (TPSA) is 119 Å². The molecule has 2 N–H and O–H groups in total. The lowest BCUT2D eigenvalue weighted by Crippen LogP contribution is -2.49. The fourth-order valence-electron chi connectivity index (χ4n) is 4.78. The molecule has 0 spiro atoms. The Balaban J connectivity index is 1.47. The predicted molar refractivity (Wildman–Crippen MR) is 136 cm³/mol. The van der Waals surface area contributed by atoms with Gasteiger partial charge in [0.05, 0.1) is 49.6 Å². The Bertz CT molecular complexity index is 1230. The fraction of sp³-hybridized carbons (Fsp3) is 0.440. The molecule has 0 radical (unpaired) electrons. The summed E-state index contributed by atoms with van der Waals surface area (Å²) in [5.74, 6) is 1.92. The van der Waals surface area contributed by atoms with Gasteiger partial charge >= 0.3 is 6.03 Å². The second kappa shape index (κ2) is 10.4. The third-order valence-electron chi connectivity index (χ3n) is 6.60. The van der Waals surface area contributed by atoms with E-state index in [1.165, 1.54) is 0 Å². The standard InChI is InChI=1S/C25H31N7O4/c1-34-19-16-18-21(20(22(19)35-2)17-6-3-4-7-27-17)23(26)29-24(28-18)30-8-5-9-31(11-10-30)25(33)32-12-14-36-15-13-32/h3-4,6-7,16H,5,8-15H2,1-2H3,(H2,26,28,29). The number of amides is 2. The lowest BCUT2D eigenvalue weighted by atomic mass is 10.0. The third kappa shape index (κ3) is 4.53. The van der Waals surface area contributed by atoms with Crippen molar-refractivity contribution in [3.05, 3.63) is 30.5 Å². The van der Waals surface area contributed by atoms with Gasteiger partial charge in [-0.1, -0.05) is 6.07 Å². The van der Waals surface area contributed by atoms with Crippen LogP contribution in [0.1, 0.15) is 6.42 Å². The molecule has 5 rings (SSSR count). The van der Waals surface area contributed by atoms with Crippen LogP contribution in [0.15, 0.2) is 30.5 Å². The zero-order valence-corrected chi connectivity index (χ0v) is 20.6. The van der Waals surface area contributed by atoms with Crippen LogP contribution in [0, 0.1) is 0 Å². The van der Waals surface area contributed by atoms with Gasteiger partial charge in [-0.3, -0.25) is 4.98 Å². The maximum absolute atomic E-state index is 13.0. The van der Waals surface area contributed by atoms with Crippen LogP contribution in [0.5, 0.6) is 11.5 Å². The Kier molecular flexibility index (Phi) is 6.90. The van der Waals surface area contributed by atoms with Crippen LogP contribution in [-0.2, 0) is 4.74 Å². The molecule has 190 valence electrons. The number of hydrogen-bond acceptors (Lipinski definition) is 9. The van der Waals surface area contributed by atoms with E-state index in [9.17, 15) is 4.79 Å². The number of nitrogen functional groups attached to an aromatic ring is 1. The number of urea groups is 1. The first-order valence-electron chi connectivity index (χ1n) is 12.1. The molecule has 4 heterocycles. The van der Waals surface area contributed by atoms with Gasteiger partial charge in [-0.15, -0.1) is 0 Å². The minimum Gasteiger partial charge on any atom is -0.493 e. The summed E-state index contributed by atoms with van der Waals surface area (Å²) in [6.45, 7) is 5.04. The molecule has 0 aliphatic carbocycles. The zero-order chi connectivity index (χ0) is 25.1. The normalized spacial score (nSPS) is 16.7. The molecule has 36 heavy (non-hydrogen) atoms. The van der Waals surface area contributed by atoms with Crippen LogP contribution < -0.4 is 20.1 Å². The number of methoxy groups -OCH3 is 2. The van der Waals surface area contributed by atoms with Crippen LogP contribution in [-0.4, -0.2) is 97.5 Å². The second-order valence-electron chi connectivity index (χ2n) is 8.71. The monoisotopic (exact) mass is 493 g/mol. The van der Waals surface area contributed by atoms with Crippen LogP contribution >= 0.6 is 0 Å². The highest BCUT2D eigenvalue weighted by molar-refractivity contribution is 6.05. The number of aromatic nitrogens is 3. The molecule has 0 atom stereocenters. The van der Waals surface area contributed by atoms with Crippen molar-refractivity contribution < 1.29 is 19.0 Å². The van der Waals surface area contributed by atoms with Crippen LogP contribution in [0.2, 0.25) is 0 Å². The van der Waals surface area contributed by atoms with Gasteiger partial charge in [0, 0.05) is 51.5 Å². The molecule has 2 aliphatic heterocycles. The molecule has 0 unspecified atom stereocenters. The first kappa shape index (κ1) is 23.9. The molecular weight excluding hydrogens is 462 g/mol. The first-order valence-corrected chi connectivity index (χ1v) is 12.1. The van der Waals surface area contributed by atoms with Crippen LogP contribution in [0.4, 0.5) is 16.6 Å². The highest BCUT2D eigenvalue weighted by Gasteiger charge is 2.27. The average Bonchev–Trinajstić information content (AvgIpc) is 3.19. The van der Waals surface area contributed by atoms with E-state index in [4.69, 9.17) is 24.9 Å². The lowest BCUT2D eigenvalue weighted by molar-refractivity contribution is 0.0438. The molecule has 2 amide bonds. The van der Waals surface area contributed by atoms with Gasteiger partial charge in [-0.25, -0.2) is 9.78 Å². The minimum atomic E-state index is 0.0657. The van der Waals surface area contributed by atoms with Crippen LogP contribution in [0.3, 0.4) is 0 Å². The molecule has 1 aromatic carbocycles. The van der Waals surface area contributed by atoms with E-state index in [1.807, 2.05) is 34.1 Å². The summed E-state index contributed by atoms with van der Waals surface area (Å²) in [6.07, 6.45) is 2.52. The van der Waals surface area contributed by atoms with Gasteiger partial charge in [-0.05, 0) is 18.6 Å². The van der Waals surface area contributed by atoms with Gasteiger partial charge in [0.1, 0.15) is 5.82 Å². The number of pyridine rings is 1. The number of morpholine rings is 1. The summed E-state index contributed by atoms with van der Waals surface area (Å²) in [6, 6.07) is 7.52. The SMILES string of the molecule is COc1cc2nc(N3CCCN(C(=O)N4CCOCC4)CC3)nc(N)c2c(-c2ccccn2)c1OC. The Morgan fingerprint density at radius 3 is 2.53 bits per heavy atom. The fourth-order valence-corrected chi connectivity index (χ4v) is 4.78. The number of fused-ring (bicyclic) bond motifs is 1. The number of nitrogens with zero attached hydrogens (tertiary/aromatic N) is 6. The van der Waals surface area contributed by atoms with Crippen molar-refractivity contribution in [1.29, 1.82) is 0 Å². The van der Waals surface area contributed by atoms with Gasteiger partial charge in [0.25, 0.3) is 0 Å². The Morgan fingerprint density at radius 2 is 1.81 bits per heavy atom. The largest absolute Gasteiger partial charge is 0.493 e. The number of ether oxygens (including phenoxy) is 3. The number of anilines is 2. The summed E-state index contributed by atoms with van der Waals surface area (Å²) in [5.41, 5.74) is 8.56. The number of benzene rings is 1. The van der Waals surface area contributed by atoms with Crippen molar-refractivity contribution in [2.75, 3.05) is 77.3 Å². The summed E-state index contributed by atoms with van der Waals surface area (Å²) >= 11 is 0. The van der Waals surface area contributed by atoms with E-state index in [1.54, 1.807) is 20.4 Å². The molecule has 11 heteroatoms. The molecule has 2 aromatic heterocycles.